The van der Waals surface area contributed by atoms with Gasteiger partial charge in [0.05, 0.1) is 0 Å². The highest BCUT2D eigenvalue weighted by atomic mass is 19.4. The van der Waals surface area contributed by atoms with Crippen molar-refractivity contribution in [3.8, 4) is 0 Å². The fraction of sp³-hybridized carbons (Fsp3) is 0.600. The third-order valence-corrected chi connectivity index (χ3v) is 3.07. The van der Waals surface area contributed by atoms with Crippen molar-refractivity contribution in [1.82, 2.24) is 5.32 Å². The zero-order chi connectivity index (χ0) is 14.3. The normalized spacial score (nSPS) is 13.5. The summed E-state index contributed by atoms with van der Waals surface area (Å²) in [5, 5.41) is 3.32. The highest BCUT2D eigenvalue weighted by molar-refractivity contribution is 5.24. The van der Waals surface area contributed by atoms with E-state index in [0.717, 1.165) is 24.1 Å². The Labute approximate surface area is 113 Å². The summed E-state index contributed by atoms with van der Waals surface area (Å²) >= 11 is 0. The largest absolute Gasteiger partial charge is 0.389 e. The monoisotopic (exact) mass is 273 g/mol. The fourth-order valence-electron chi connectivity index (χ4n) is 2.01. The molecule has 0 fully saturated rings. The molecule has 1 aromatic rings. The summed E-state index contributed by atoms with van der Waals surface area (Å²) in [6, 6.07) is 8.01. The molecule has 0 saturated heterocycles. The predicted octanol–water partition coefficient (Wildman–Crippen LogP) is 4.77. The minimum atomic E-state index is -4.05. The molecule has 1 unspecified atom stereocenters. The van der Waals surface area contributed by atoms with Crippen LogP contribution in [0.25, 0.3) is 0 Å². The molecule has 0 saturated carbocycles. The molecule has 1 atom stereocenters. The lowest BCUT2D eigenvalue weighted by molar-refractivity contribution is -0.135. The molecule has 0 aliphatic rings. The number of alkyl halides is 3. The third kappa shape index (κ3) is 6.62. The van der Waals surface area contributed by atoms with Gasteiger partial charge in [-0.25, -0.2) is 0 Å². The van der Waals surface area contributed by atoms with E-state index in [-0.39, 0.29) is 12.5 Å². The Balaban J connectivity index is 2.58. The second kappa shape index (κ2) is 7.53. The first kappa shape index (κ1) is 16.0. The van der Waals surface area contributed by atoms with Crippen LogP contribution in [0.4, 0.5) is 13.2 Å². The van der Waals surface area contributed by atoms with Crippen LogP contribution >= 0.6 is 0 Å². The van der Waals surface area contributed by atoms with Crippen molar-refractivity contribution < 1.29 is 13.2 Å². The predicted molar refractivity (Wildman–Crippen MR) is 72.1 cm³/mol. The van der Waals surface area contributed by atoms with Crippen LogP contribution < -0.4 is 5.32 Å². The first-order valence-electron chi connectivity index (χ1n) is 6.79. The van der Waals surface area contributed by atoms with Gasteiger partial charge in [0.2, 0.25) is 0 Å². The zero-order valence-electron chi connectivity index (χ0n) is 11.6. The zero-order valence-corrected chi connectivity index (χ0v) is 11.6. The van der Waals surface area contributed by atoms with Crippen molar-refractivity contribution in [2.24, 2.45) is 0 Å². The van der Waals surface area contributed by atoms with Gasteiger partial charge in [0.25, 0.3) is 0 Å². The molecule has 0 radical (unpaired) electrons. The summed E-state index contributed by atoms with van der Waals surface area (Å²) in [6.45, 7) is 4.88. The molecule has 1 nitrogen and oxygen atoms in total. The maximum absolute atomic E-state index is 12.2. The minimum absolute atomic E-state index is 0.0166. The van der Waals surface area contributed by atoms with Gasteiger partial charge >= 0.3 is 6.18 Å². The number of hydrogen-bond donors (Lipinski definition) is 1. The lowest BCUT2D eigenvalue weighted by Crippen LogP contribution is -2.22. The summed E-state index contributed by atoms with van der Waals surface area (Å²) in [5.74, 6) is 0. The SMILES string of the molecule is CCCNC(CCCC(F)(F)F)c1ccc(C)cc1. The third-order valence-electron chi connectivity index (χ3n) is 3.07. The van der Waals surface area contributed by atoms with Crippen molar-refractivity contribution in [2.75, 3.05) is 6.54 Å². The molecule has 0 amide bonds. The Kier molecular flexibility index (Phi) is 6.35. The van der Waals surface area contributed by atoms with Gasteiger partial charge in [0, 0.05) is 12.5 Å². The Morgan fingerprint density at radius 1 is 1.16 bits per heavy atom. The number of rotatable bonds is 7. The van der Waals surface area contributed by atoms with Gasteiger partial charge in [-0.2, -0.15) is 13.2 Å². The van der Waals surface area contributed by atoms with Crippen molar-refractivity contribution in [3.05, 3.63) is 35.4 Å². The summed E-state index contributed by atoms with van der Waals surface area (Å²) in [4.78, 5) is 0. The Hall–Kier alpha value is -1.03. The molecule has 1 N–H and O–H groups in total. The molecule has 108 valence electrons. The first-order chi connectivity index (χ1) is 8.92. The van der Waals surface area contributed by atoms with Gasteiger partial charge in [-0.1, -0.05) is 36.8 Å². The molecule has 0 spiro atoms. The lowest BCUT2D eigenvalue weighted by atomic mass is 9.99. The van der Waals surface area contributed by atoms with E-state index in [9.17, 15) is 13.2 Å². The molecule has 0 bridgehead atoms. The van der Waals surface area contributed by atoms with Gasteiger partial charge in [-0.15, -0.1) is 0 Å². The van der Waals surface area contributed by atoms with E-state index < -0.39 is 12.6 Å². The van der Waals surface area contributed by atoms with Crippen LogP contribution in [0.2, 0.25) is 0 Å². The van der Waals surface area contributed by atoms with Crippen LogP contribution in [0.5, 0.6) is 0 Å². The van der Waals surface area contributed by atoms with E-state index in [4.69, 9.17) is 0 Å². The highest BCUT2D eigenvalue weighted by Gasteiger charge is 2.26. The number of nitrogens with one attached hydrogen (secondary N) is 1. The van der Waals surface area contributed by atoms with Crippen molar-refractivity contribution in [3.63, 3.8) is 0 Å². The number of aryl methyl sites for hydroxylation is 1. The summed E-state index contributed by atoms with van der Waals surface area (Å²) in [6.07, 6.45) is -3.10. The highest BCUT2D eigenvalue weighted by Crippen LogP contribution is 2.26. The molecule has 0 heterocycles. The summed E-state index contributed by atoms with van der Waals surface area (Å²) < 4.78 is 36.6. The van der Waals surface area contributed by atoms with Crippen LogP contribution in [0.15, 0.2) is 24.3 Å². The quantitative estimate of drug-likeness (QED) is 0.754. The van der Waals surface area contributed by atoms with Gasteiger partial charge in [0.15, 0.2) is 0 Å². The van der Waals surface area contributed by atoms with E-state index in [1.807, 2.05) is 31.2 Å². The molecule has 0 aliphatic heterocycles. The minimum Gasteiger partial charge on any atom is -0.310 e. The second-order valence-electron chi connectivity index (χ2n) is 4.92. The Bertz CT molecular complexity index is 357. The second-order valence-corrected chi connectivity index (χ2v) is 4.92. The fourth-order valence-corrected chi connectivity index (χ4v) is 2.01. The van der Waals surface area contributed by atoms with Gasteiger partial charge in [-0.05, 0) is 38.3 Å². The lowest BCUT2D eigenvalue weighted by Gasteiger charge is -2.19. The van der Waals surface area contributed by atoms with E-state index in [1.165, 1.54) is 0 Å². The van der Waals surface area contributed by atoms with Crippen LogP contribution in [0.3, 0.4) is 0 Å². The topological polar surface area (TPSA) is 12.0 Å². The van der Waals surface area contributed by atoms with E-state index >= 15 is 0 Å². The van der Waals surface area contributed by atoms with E-state index in [2.05, 4.69) is 12.2 Å². The average Bonchev–Trinajstić information content (AvgIpc) is 2.33. The number of hydrogen-bond acceptors (Lipinski definition) is 1. The molecular weight excluding hydrogens is 251 g/mol. The maximum atomic E-state index is 12.2. The van der Waals surface area contributed by atoms with Gasteiger partial charge < -0.3 is 5.32 Å². The Morgan fingerprint density at radius 3 is 2.32 bits per heavy atom. The van der Waals surface area contributed by atoms with Crippen LogP contribution in [-0.2, 0) is 0 Å². The van der Waals surface area contributed by atoms with Gasteiger partial charge in [-0.3, -0.25) is 0 Å². The maximum Gasteiger partial charge on any atom is 0.389 e. The molecule has 4 heteroatoms. The number of benzene rings is 1. The molecule has 1 aromatic carbocycles. The summed E-state index contributed by atoms with van der Waals surface area (Å²) in [5.41, 5.74) is 2.23. The van der Waals surface area contributed by atoms with Crippen molar-refractivity contribution >= 4 is 0 Å². The molecular formula is C15H22F3N. The smallest absolute Gasteiger partial charge is 0.310 e. The van der Waals surface area contributed by atoms with E-state index in [0.29, 0.717) is 6.42 Å². The van der Waals surface area contributed by atoms with Crippen LogP contribution in [-0.4, -0.2) is 12.7 Å². The first-order valence-corrected chi connectivity index (χ1v) is 6.79. The van der Waals surface area contributed by atoms with Crippen LogP contribution in [0, 0.1) is 6.92 Å². The van der Waals surface area contributed by atoms with Crippen LogP contribution in [0.1, 0.15) is 49.8 Å². The summed E-state index contributed by atoms with van der Waals surface area (Å²) in [7, 11) is 0. The standard InChI is InChI=1S/C15H22F3N/c1-3-11-19-14(5-4-10-15(16,17)18)13-8-6-12(2)7-9-13/h6-9,14,19H,3-5,10-11H2,1-2H3. The number of halogens is 3. The average molecular weight is 273 g/mol. The van der Waals surface area contributed by atoms with Gasteiger partial charge in [0.1, 0.15) is 0 Å². The Morgan fingerprint density at radius 2 is 1.79 bits per heavy atom. The van der Waals surface area contributed by atoms with Crippen molar-refractivity contribution in [1.29, 1.82) is 0 Å². The molecule has 19 heavy (non-hydrogen) atoms. The van der Waals surface area contributed by atoms with E-state index in [1.54, 1.807) is 0 Å². The van der Waals surface area contributed by atoms with Crippen molar-refractivity contribution in [2.45, 2.75) is 51.7 Å². The molecule has 1 rings (SSSR count). The molecule has 0 aromatic heterocycles. The molecule has 0 aliphatic carbocycles.